The Kier molecular flexibility index (Phi) is 12.3. The summed E-state index contributed by atoms with van der Waals surface area (Å²) >= 11 is 0. The summed E-state index contributed by atoms with van der Waals surface area (Å²) in [5.74, 6) is 1.60. The van der Waals surface area contributed by atoms with E-state index in [-0.39, 0.29) is 0 Å². The number of anilines is 1. The van der Waals surface area contributed by atoms with Crippen molar-refractivity contribution in [2.45, 2.75) is 13.3 Å². The van der Waals surface area contributed by atoms with Crippen LogP contribution in [0.3, 0.4) is 0 Å². The molecule has 0 spiro atoms. The SMILES string of the molecule is CCNC(=NCCN(C)CCOC)Nc1cccc(OCCCOC)c1. The first kappa shape index (κ1) is 22.2. The molecular formula is C19H34N4O3. The molecule has 0 aliphatic heterocycles. The van der Waals surface area contributed by atoms with Crippen LogP contribution in [-0.4, -0.2) is 78.1 Å². The molecule has 0 atom stereocenters. The van der Waals surface area contributed by atoms with E-state index in [0.717, 1.165) is 50.1 Å². The van der Waals surface area contributed by atoms with E-state index < -0.39 is 0 Å². The van der Waals surface area contributed by atoms with Gasteiger partial charge in [-0.1, -0.05) is 6.07 Å². The van der Waals surface area contributed by atoms with Gasteiger partial charge in [-0.05, 0) is 26.1 Å². The van der Waals surface area contributed by atoms with E-state index in [4.69, 9.17) is 14.2 Å². The zero-order valence-electron chi connectivity index (χ0n) is 16.6. The molecule has 2 N–H and O–H groups in total. The third-order valence-electron chi connectivity index (χ3n) is 3.63. The van der Waals surface area contributed by atoms with Crippen LogP contribution in [0, 0.1) is 0 Å². The lowest BCUT2D eigenvalue weighted by Crippen LogP contribution is -2.32. The quantitative estimate of drug-likeness (QED) is 0.316. The van der Waals surface area contributed by atoms with Crippen LogP contribution in [0.25, 0.3) is 0 Å². The summed E-state index contributed by atoms with van der Waals surface area (Å²) < 4.78 is 15.9. The van der Waals surface area contributed by atoms with Gasteiger partial charge in [-0.15, -0.1) is 0 Å². The molecule has 0 radical (unpaired) electrons. The molecule has 0 fully saturated rings. The summed E-state index contributed by atoms with van der Waals surface area (Å²) in [7, 11) is 5.48. The maximum atomic E-state index is 5.74. The van der Waals surface area contributed by atoms with Crippen LogP contribution in [0.15, 0.2) is 29.3 Å². The molecule has 148 valence electrons. The normalized spacial score (nSPS) is 11.7. The largest absolute Gasteiger partial charge is 0.493 e. The lowest BCUT2D eigenvalue weighted by molar-refractivity contribution is 0.163. The van der Waals surface area contributed by atoms with Crippen molar-refractivity contribution in [3.05, 3.63) is 24.3 Å². The van der Waals surface area contributed by atoms with Gasteiger partial charge in [0.2, 0.25) is 0 Å². The number of guanidine groups is 1. The van der Waals surface area contributed by atoms with Crippen LogP contribution in [0.4, 0.5) is 5.69 Å². The van der Waals surface area contributed by atoms with Crippen LogP contribution < -0.4 is 15.4 Å². The number of benzene rings is 1. The number of hydrogen-bond acceptors (Lipinski definition) is 5. The highest BCUT2D eigenvalue weighted by Crippen LogP contribution is 2.17. The summed E-state index contributed by atoms with van der Waals surface area (Å²) in [6.45, 7) is 7.42. The van der Waals surface area contributed by atoms with Crippen molar-refractivity contribution in [1.29, 1.82) is 0 Å². The molecule has 0 unspecified atom stereocenters. The Balaban J connectivity index is 2.53. The Morgan fingerprint density at radius 1 is 1.12 bits per heavy atom. The number of rotatable bonds is 13. The predicted octanol–water partition coefficient (Wildman–Crippen LogP) is 2.06. The first-order chi connectivity index (χ1) is 12.7. The lowest BCUT2D eigenvalue weighted by Gasteiger charge is -2.16. The third kappa shape index (κ3) is 10.2. The number of likely N-dealkylation sites (N-methyl/N-ethyl adjacent to an activating group) is 1. The summed E-state index contributed by atoms with van der Waals surface area (Å²) in [5, 5.41) is 6.60. The fraction of sp³-hybridized carbons (Fsp3) is 0.632. The van der Waals surface area contributed by atoms with Crippen molar-refractivity contribution in [3.8, 4) is 5.75 Å². The van der Waals surface area contributed by atoms with E-state index in [0.29, 0.717) is 19.8 Å². The number of ether oxygens (including phenoxy) is 3. The minimum atomic E-state index is 0.638. The van der Waals surface area contributed by atoms with Gasteiger partial charge in [-0.2, -0.15) is 0 Å². The topological polar surface area (TPSA) is 67.4 Å². The average Bonchev–Trinajstić information content (AvgIpc) is 2.64. The van der Waals surface area contributed by atoms with E-state index in [9.17, 15) is 0 Å². The van der Waals surface area contributed by atoms with Gasteiger partial charge in [0.15, 0.2) is 5.96 Å². The van der Waals surface area contributed by atoms with Crippen molar-refractivity contribution in [2.75, 3.05) is 72.6 Å². The molecule has 1 aromatic rings. The monoisotopic (exact) mass is 366 g/mol. The van der Waals surface area contributed by atoms with E-state index in [1.807, 2.05) is 24.3 Å². The predicted molar refractivity (Wildman–Crippen MR) is 107 cm³/mol. The van der Waals surface area contributed by atoms with Gasteiger partial charge in [-0.25, -0.2) is 0 Å². The summed E-state index contributed by atoms with van der Waals surface area (Å²) in [6, 6.07) is 7.90. The Hall–Kier alpha value is -1.83. The Morgan fingerprint density at radius 2 is 1.92 bits per heavy atom. The second kappa shape index (κ2) is 14.4. The molecular weight excluding hydrogens is 332 g/mol. The minimum Gasteiger partial charge on any atom is -0.493 e. The standard InChI is InChI=1S/C19H34N4O3/c1-5-20-19(21-10-11-23(2)12-15-25-4)22-17-8-6-9-18(16-17)26-14-7-13-24-3/h6,8-9,16H,5,7,10-15H2,1-4H3,(H2,20,21,22). The van der Waals surface area contributed by atoms with Crippen molar-refractivity contribution in [2.24, 2.45) is 4.99 Å². The molecule has 0 bridgehead atoms. The highest BCUT2D eigenvalue weighted by Gasteiger charge is 2.02. The Labute approximate surface area is 157 Å². The zero-order chi connectivity index (χ0) is 19.0. The lowest BCUT2D eigenvalue weighted by atomic mass is 10.3. The summed E-state index contributed by atoms with van der Waals surface area (Å²) in [4.78, 5) is 6.83. The number of hydrogen-bond donors (Lipinski definition) is 2. The molecule has 1 aromatic carbocycles. The van der Waals surface area contributed by atoms with Crippen molar-refractivity contribution in [3.63, 3.8) is 0 Å². The Bertz CT molecular complexity index is 511. The summed E-state index contributed by atoms with van der Waals surface area (Å²) in [5.41, 5.74) is 0.946. The van der Waals surface area contributed by atoms with Crippen LogP contribution >= 0.6 is 0 Å². The second-order valence-electron chi connectivity index (χ2n) is 5.90. The third-order valence-corrected chi connectivity index (χ3v) is 3.63. The van der Waals surface area contributed by atoms with Gasteiger partial charge in [-0.3, -0.25) is 4.99 Å². The zero-order valence-corrected chi connectivity index (χ0v) is 16.6. The highest BCUT2D eigenvalue weighted by atomic mass is 16.5. The molecule has 1 rings (SSSR count). The molecule has 7 nitrogen and oxygen atoms in total. The first-order valence-corrected chi connectivity index (χ1v) is 9.14. The first-order valence-electron chi connectivity index (χ1n) is 9.14. The highest BCUT2D eigenvalue weighted by molar-refractivity contribution is 5.93. The van der Waals surface area contributed by atoms with Crippen LogP contribution in [-0.2, 0) is 9.47 Å². The van der Waals surface area contributed by atoms with Gasteiger partial charge < -0.3 is 29.7 Å². The van der Waals surface area contributed by atoms with E-state index in [1.54, 1.807) is 14.2 Å². The van der Waals surface area contributed by atoms with Crippen LogP contribution in [0.1, 0.15) is 13.3 Å². The fourth-order valence-corrected chi connectivity index (χ4v) is 2.19. The van der Waals surface area contributed by atoms with Crippen molar-refractivity contribution >= 4 is 11.6 Å². The molecule has 0 aromatic heterocycles. The molecule has 0 aliphatic rings. The molecule has 0 heterocycles. The number of aliphatic imine (C=N–C) groups is 1. The number of nitrogens with zero attached hydrogens (tertiary/aromatic N) is 2. The molecule has 0 saturated heterocycles. The molecule has 26 heavy (non-hydrogen) atoms. The smallest absolute Gasteiger partial charge is 0.195 e. The van der Waals surface area contributed by atoms with E-state index >= 15 is 0 Å². The average molecular weight is 367 g/mol. The molecule has 0 aliphatic carbocycles. The van der Waals surface area contributed by atoms with Gasteiger partial charge in [0.25, 0.3) is 0 Å². The van der Waals surface area contributed by atoms with Gasteiger partial charge in [0, 0.05) is 58.6 Å². The Morgan fingerprint density at radius 3 is 2.65 bits per heavy atom. The number of methoxy groups -OCH3 is 2. The molecule has 7 heteroatoms. The van der Waals surface area contributed by atoms with Crippen LogP contribution in [0.2, 0.25) is 0 Å². The van der Waals surface area contributed by atoms with Gasteiger partial charge >= 0.3 is 0 Å². The van der Waals surface area contributed by atoms with Crippen molar-refractivity contribution in [1.82, 2.24) is 10.2 Å². The maximum Gasteiger partial charge on any atom is 0.195 e. The van der Waals surface area contributed by atoms with E-state index in [2.05, 4.69) is 34.5 Å². The van der Waals surface area contributed by atoms with Gasteiger partial charge in [0.05, 0.1) is 19.8 Å². The molecule has 0 saturated carbocycles. The minimum absolute atomic E-state index is 0.638. The molecule has 0 amide bonds. The maximum absolute atomic E-state index is 5.74. The van der Waals surface area contributed by atoms with Crippen LogP contribution in [0.5, 0.6) is 5.75 Å². The van der Waals surface area contributed by atoms with Gasteiger partial charge in [0.1, 0.15) is 5.75 Å². The number of nitrogens with one attached hydrogen (secondary N) is 2. The van der Waals surface area contributed by atoms with E-state index in [1.165, 1.54) is 0 Å². The summed E-state index contributed by atoms with van der Waals surface area (Å²) in [6.07, 6.45) is 0.870. The fourth-order valence-electron chi connectivity index (χ4n) is 2.19. The van der Waals surface area contributed by atoms with Crippen molar-refractivity contribution < 1.29 is 14.2 Å². The second-order valence-corrected chi connectivity index (χ2v) is 5.90.